The lowest BCUT2D eigenvalue weighted by Crippen LogP contribution is -2.04. The molecular weight excluding hydrogens is 232 g/mol. The molecule has 0 aliphatic heterocycles. The van der Waals surface area contributed by atoms with Crippen LogP contribution in [0.1, 0.15) is 17.3 Å². The molecule has 0 N–H and O–H groups in total. The fourth-order valence-electron chi connectivity index (χ4n) is 1.85. The minimum atomic E-state index is -0.464. The van der Waals surface area contributed by atoms with Crippen LogP contribution < -0.4 is 9.47 Å². The number of rotatable bonds is 3. The van der Waals surface area contributed by atoms with Gasteiger partial charge in [-0.15, -0.1) is 0 Å². The van der Waals surface area contributed by atoms with Crippen LogP contribution in [0, 0.1) is 0 Å². The van der Waals surface area contributed by atoms with Gasteiger partial charge in [-0.25, -0.2) is 0 Å². The van der Waals surface area contributed by atoms with Gasteiger partial charge in [-0.1, -0.05) is 12.1 Å². The number of fused-ring (bicyclic) bond motifs is 1. The molecule has 0 radical (unpaired) electrons. The lowest BCUT2D eigenvalue weighted by molar-refractivity contribution is -0.131. The van der Waals surface area contributed by atoms with E-state index in [2.05, 4.69) is 0 Å². The molecule has 4 nitrogen and oxygen atoms in total. The number of carbonyl (C=O) groups is 2. The average molecular weight is 244 g/mol. The Morgan fingerprint density at radius 1 is 1.17 bits per heavy atom. The highest BCUT2D eigenvalue weighted by molar-refractivity contribution is 6.00. The quantitative estimate of drug-likeness (QED) is 0.473. The molecule has 0 aromatic heterocycles. The summed E-state index contributed by atoms with van der Waals surface area (Å²) in [5.41, 5.74) is 0.339. The number of benzene rings is 2. The molecule has 2 rings (SSSR count). The Kier molecular flexibility index (Phi) is 3.28. The van der Waals surface area contributed by atoms with Crippen LogP contribution in [0.2, 0.25) is 0 Å². The first kappa shape index (κ1) is 12.1. The van der Waals surface area contributed by atoms with Crippen molar-refractivity contribution in [2.45, 2.75) is 6.92 Å². The first-order valence-electron chi connectivity index (χ1n) is 5.40. The number of carbonyl (C=O) groups excluding carboxylic acids is 2. The van der Waals surface area contributed by atoms with Gasteiger partial charge in [0.05, 0.1) is 12.7 Å². The normalized spacial score (nSPS) is 10.1. The van der Waals surface area contributed by atoms with E-state index in [1.807, 2.05) is 0 Å². The zero-order valence-corrected chi connectivity index (χ0v) is 10.1. The van der Waals surface area contributed by atoms with E-state index in [0.717, 1.165) is 5.39 Å². The molecule has 0 saturated heterocycles. The summed E-state index contributed by atoms with van der Waals surface area (Å²) in [6, 6.07) is 8.74. The molecule has 0 unspecified atom stereocenters. The van der Waals surface area contributed by atoms with Crippen molar-refractivity contribution < 1.29 is 19.1 Å². The van der Waals surface area contributed by atoms with Gasteiger partial charge in [0.15, 0.2) is 6.29 Å². The highest BCUT2D eigenvalue weighted by Crippen LogP contribution is 2.34. The highest BCUT2D eigenvalue weighted by Gasteiger charge is 2.12. The Bertz CT molecular complexity index is 616. The molecule has 0 saturated carbocycles. The third-order valence-electron chi connectivity index (χ3n) is 2.60. The van der Waals surface area contributed by atoms with E-state index in [1.54, 1.807) is 37.4 Å². The molecular formula is C14H12O4. The van der Waals surface area contributed by atoms with Gasteiger partial charge in [0, 0.05) is 17.7 Å². The Morgan fingerprint density at radius 2 is 1.94 bits per heavy atom. The Hall–Kier alpha value is -2.36. The maximum atomic E-state index is 11.1. The third kappa shape index (κ3) is 2.05. The van der Waals surface area contributed by atoms with Gasteiger partial charge in [0.25, 0.3) is 0 Å². The van der Waals surface area contributed by atoms with E-state index in [1.165, 1.54) is 6.92 Å². The van der Waals surface area contributed by atoms with Crippen LogP contribution in [-0.2, 0) is 4.79 Å². The lowest BCUT2D eigenvalue weighted by atomic mass is 10.0. The maximum absolute atomic E-state index is 11.1. The van der Waals surface area contributed by atoms with E-state index >= 15 is 0 Å². The summed E-state index contributed by atoms with van der Waals surface area (Å²) < 4.78 is 10.4. The number of esters is 1. The van der Waals surface area contributed by atoms with Crippen molar-refractivity contribution in [3.8, 4) is 11.5 Å². The summed E-state index contributed by atoms with van der Waals surface area (Å²) >= 11 is 0. The second kappa shape index (κ2) is 4.87. The molecule has 18 heavy (non-hydrogen) atoms. The molecule has 0 aliphatic carbocycles. The predicted octanol–water partition coefficient (Wildman–Crippen LogP) is 2.59. The van der Waals surface area contributed by atoms with Gasteiger partial charge >= 0.3 is 5.97 Å². The maximum Gasteiger partial charge on any atom is 0.308 e. The van der Waals surface area contributed by atoms with Crippen LogP contribution in [0.25, 0.3) is 10.8 Å². The van der Waals surface area contributed by atoms with Gasteiger partial charge < -0.3 is 9.47 Å². The van der Waals surface area contributed by atoms with E-state index in [9.17, 15) is 9.59 Å². The number of ether oxygens (including phenoxy) is 2. The van der Waals surface area contributed by atoms with Crippen LogP contribution in [0.3, 0.4) is 0 Å². The Labute approximate surface area is 104 Å². The number of hydrogen-bond donors (Lipinski definition) is 0. The molecule has 0 bridgehead atoms. The first-order chi connectivity index (χ1) is 8.67. The monoisotopic (exact) mass is 244 g/mol. The minimum absolute atomic E-state index is 0.272. The summed E-state index contributed by atoms with van der Waals surface area (Å²) in [7, 11) is 1.56. The average Bonchev–Trinajstić information content (AvgIpc) is 2.37. The molecule has 4 heteroatoms. The van der Waals surface area contributed by atoms with Crippen molar-refractivity contribution >= 4 is 23.0 Å². The Morgan fingerprint density at radius 3 is 2.56 bits per heavy atom. The number of methoxy groups -OCH3 is 1. The summed E-state index contributed by atoms with van der Waals surface area (Å²) in [6.45, 7) is 1.30. The Balaban J connectivity index is 2.77. The molecule has 0 atom stereocenters. The van der Waals surface area contributed by atoms with E-state index in [0.29, 0.717) is 23.0 Å². The van der Waals surface area contributed by atoms with Gasteiger partial charge in [-0.05, 0) is 18.2 Å². The molecule has 92 valence electrons. The standard InChI is InChI=1S/C14H12O4/c1-9(16)18-14-10(8-15)6-7-11-12(14)4-3-5-13(11)17-2/h3-8H,1-2H3. The minimum Gasteiger partial charge on any atom is -0.496 e. The molecule has 0 aliphatic rings. The fraction of sp³-hybridized carbons (Fsp3) is 0.143. The fourth-order valence-corrected chi connectivity index (χ4v) is 1.85. The SMILES string of the molecule is COc1cccc2c(OC(C)=O)c(C=O)ccc12. The molecule has 0 amide bonds. The van der Waals surface area contributed by atoms with Crippen molar-refractivity contribution in [3.05, 3.63) is 35.9 Å². The van der Waals surface area contributed by atoms with Crippen LogP contribution >= 0.6 is 0 Å². The highest BCUT2D eigenvalue weighted by atomic mass is 16.5. The predicted molar refractivity (Wildman–Crippen MR) is 67.2 cm³/mol. The topological polar surface area (TPSA) is 52.6 Å². The van der Waals surface area contributed by atoms with Gasteiger partial charge in [-0.3, -0.25) is 9.59 Å². The number of aldehydes is 1. The van der Waals surface area contributed by atoms with Crippen molar-refractivity contribution in [1.29, 1.82) is 0 Å². The van der Waals surface area contributed by atoms with Crippen LogP contribution in [0.4, 0.5) is 0 Å². The summed E-state index contributed by atoms with van der Waals surface area (Å²) in [6.07, 6.45) is 0.664. The number of hydrogen-bond acceptors (Lipinski definition) is 4. The van der Waals surface area contributed by atoms with Crippen LogP contribution in [0.5, 0.6) is 11.5 Å². The molecule has 0 heterocycles. The van der Waals surface area contributed by atoms with Gasteiger partial charge in [-0.2, -0.15) is 0 Å². The summed E-state index contributed by atoms with van der Waals surface area (Å²) in [5.74, 6) is 0.473. The van der Waals surface area contributed by atoms with Crippen molar-refractivity contribution in [2.24, 2.45) is 0 Å². The summed E-state index contributed by atoms with van der Waals surface area (Å²) in [4.78, 5) is 22.1. The lowest BCUT2D eigenvalue weighted by Gasteiger charge is -2.11. The molecule has 0 spiro atoms. The second-order valence-electron chi connectivity index (χ2n) is 3.75. The smallest absolute Gasteiger partial charge is 0.308 e. The first-order valence-corrected chi connectivity index (χ1v) is 5.40. The van der Waals surface area contributed by atoms with E-state index < -0.39 is 5.97 Å². The molecule has 0 fully saturated rings. The van der Waals surface area contributed by atoms with E-state index in [-0.39, 0.29) is 5.75 Å². The van der Waals surface area contributed by atoms with Gasteiger partial charge in [0.1, 0.15) is 11.5 Å². The van der Waals surface area contributed by atoms with Crippen molar-refractivity contribution in [2.75, 3.05) is 7.11 Å². The zero-order chi connectivity index (χ0) is 13.1. The zero-order valence-electron chi connectivity index (χ0n) is 10.1. The van der Waals surface area contributed by atoms with Crippen molar-refractivity contribution in [1.82, 2.24) is 0 Å². The largest absolute Gasteiger partial charge is 0.496 e. The van der Waals surface area contributed by atoms with Gasteiger partial charge in [0.2, 0.25) is 0 Å². The van der Waals surface area contributed by atoms with E-state index in [4.69, 9.17) is 9.47 Å². The van der Waals surface area contributed by atoms with Crippen molar-refractivity contribution in [3.63, 3.8) is 0 Å². The molecule has 2 aromatic rings. The molecule has 2 aromatic carbocycles. The third-order valence-corrected chi connectivity index (χ3v) is 2.60. The second-order valence-corrected chi connectivity index (χ2v) is 3.75. The summed E-state index contributed by atoms with van der Waals surface area (Å²) in [5, 5.41) is 1.47. The van der Waals surface area contributed by atoms with Crippen LogP contribution in [-0.4, -0.2) is 19.4 Å². The van der Waals surface area contributed by atoms with Crippen LogP contribution in [0.15, 0.2) is 30.3 Å².